The lowest BCUT2D eigenvalue weighted by molar-refractivity contribution is 0.0481. The van der Waals surface area contributed by atoms with Crippen LogP contribution in [0.4, 0.5) is 0 Å². The molecule has 0 aromatic carbocycles. The van der Waals surface area contributed by atoms with Crippen molar-refractivity contribution in [2.75, 3.05) is 6.61 Å². The monoisotopic (exact) mass is 188 g/mol. The number of carbonyl (C=O) groups excluding carboxylic acids is 1. The van der Waals surface area contributed by atoms with Crippen LogP contribution in [0.2, 0.25) is 4.34 Å². The van der Waals surface area contributed by atoms with Crippen LogP contribution in [0.25, 0.3) is 0 Å². The number of cyclic esters (lactones) is 1. The molecule has 1 aliphatic heterocycles. The van der Waals surface area contributed by atoms with Crippen molar-refractivity contribution in [3.63, 3.8) is 0 Å². The number of carbonyl (C=O) groups is 1. The molecule has 0 unspecified atom stereocenters. The molecule has 1 aromatic rings. The van der Waals surface area contributed by atoms with Gasteiger partial charge in [0.25, 0.3) is 0 Å². The van der Waals surface area contributed by atoms with Gasteiger partial charge in [-0.25, -0.2) is 4.79 Å². The van der Waals surface area contributed by atoms with Crippen LogP contribution >= 0.6 is 22.9 Å². The Kier molecular flexibility index (Phi) is 1.62. The van der Waals surface area contributed by atoms with Gasteiger partial charge in [0, 0.05) is 11.8 Å². The quantitative estimate of drug-likeness (QED) is 0.583. The summed E-state index contributed by atoms with van der Waals surface area (Å²) in [7, 11) is 0. The summed E-state index contributed by atoms with van der Waals surface area (Å²) in [6.07, 6.45) is 0.753. The first-order valence-electron chi connectivity index (χ1n) is 3.22. The fourth-order valence-corrected chi connectivity index (χ4v) is 2.23. The van der Waals surface area contributed by atoms with E-state index in [9.17, 15) is 4.79 Å². The van der Waals surface area contributed by atoms with Crippen molar-refractivity contribution in [1.82, 2.24) is 0 Å². The Labute approximate surface area is 72.7 Å². The number of halogens is 1. The normalized spacial score (nSPS) is 15.9. The average molecular weight is 189 g/mol. The third kappa shape index (κ3) is 1.04. The Balaban J connectivity index is 2.55. The summed E-state index contributed by atoms with van der Waals surface area (Å²) in [6, 6.07) is 0. The Hall–Kier alpha value is -0.540. The van der Waals surface area contributed by atoms with E-state index < -0.39 is 0 Å². The molecule has 0 aliphatic carbocycles. The molecule has 11 heavy (non-hydrogen) atoms. The summed E-state index contributed by atoms with van der Waals surface area (Å²) in [5.41, 5.74) is 1.60. The van der Waals surface area contributed by atoms with Crippen molar-refractivity contribution in [3.8, 4) is 0 Å². The number of thiophene rings is 1. The van der Waals surface area contributed by atoms with Crippen LogP contribution in [0.5, 0.6) is 0 Å². The Morgan fingerprint density at radius 2 is 2.45 bits per heavy atom. The molecule has 0 fully saturated rings. The molecule has 0 N–H and O–H groups in total. The lowest BCUT2D eigenvalue weighted by Gasteiger charge is -2.11. The van der Waals surface area contributed by atoms with E-state index in [4.69, 9.17) is 16.3 Å². The summed E-state index contributed by atoms with van der Waals surface area (Å²) in [6.45, 7) is 0.461. The van der Waals surface area contributed by atoms with Gasteiger partial charge < -0.3 is 4.74 Å². The number of esters is 1. The number of hydrogen-bond donors (Lipinski definition) is 0. The molecule has 0 radical (unpaired) electrons. The van der Waals surface area contributed by atoms with Gasteiger partial charge in [-0.3, -0.25) is 0 Å². The molecule has 0 amide bonds. The van der Waals surface area contributed by atoms with Crippen LogP contribution in [0, 0.1) is 0 Å². The Morgan fingerprint density at radius 1 is 1.64 bits per heavy atom. The second-order valence-corrected chi connectivity index (χ2v) is 3.77. The molecule has 58 valence electrons. The van der Waals surface area contributed by atoms with Gasteiger partial charge in [0.1, 0.15) is 0 Å². The van der Waals surface area contributed by atoms with Gasteiger partial charge in [0.15, 0.2) is 0 Å². The Morgan fingerprint density at radius 3 is 3.18 bits per heavy atom. The van der Waals surface area contributed by atoms with Gasteiger partial charge in [-0.05, 0) is 5.56 Å². The van der Waals surface area contributed by atoms with Gasteiger partial charge in [-0.2, -0.15) is 0 Å². The first kappa shape index (κ1) is 7.13. The van der Waals surface area contributed by atoms with Crippen molar-refractivity contribution in [2.45, 2.75) is 6.42 Å². The van der Waals surface area contributed by atoms with Gasteiger partial charge in [-0.1, -0.05) is 11.6 Å². The number of ether oxygens (including phenoxy) is 1. The van der Waals surface area contributed by atoms with Gasteiger partial charge >= 0.3 is 5.97 Å². The molecular formula is C7H5ClO2S. The molecule has 1 aliphatic rings. The Bertz CT molecular complexity index is 305. The second-order valence-electron chi connectivity index (χ2n) is 2.29. The van der Waals surface area contributed by atoms with E-state index in [1.54, 1.807) is 5.38 Å². The molecule has 4 heteroatoms. The first-order valence-corrected chi connectivity index (χ1v) is 4.48. The third-order valence-corrected chi connectivity index (χ3v) is 2.95. The predicted molar refractivity (Wildman–Crippen MR) is 43.3 cm³/mol. The summed E-state index contributed by atoms with van der Waals surface area (Å²) in [5, 5.41) is 1.75. The topological polar surface area (TPSA) is 26.3 Å². The van der Waals surface area contributed by atoms with E-state index in [2.05, 4.69) is 0 Å². The van der Waals surface area contributed by atoms with Crippen LogP contribution in [0.1, 0.15) is 15.9 Å². The van der Waals surface area contributed by atoms with Crippen molar-refractivity contribution >= 4 is 28.9 Å². The fraction of sp³-hybridized carbons (Fsp3) is 0.286. The fourth-order valence-electron chi connectivity index (χ4n) is 1.09. The van der Waals surface area contributed by atoms with Crippen molar-refractivity contribution < 1.29 is 9.53 Å². The molecule has 2 nitrogen and oxygen atoms in total. The summed E-state index contributed by atoms with van der Waals surface area (Å²) in [5.74, 6) is -0.241. The van der Waals surface area contributed by atoms with Gasteiger partial charge in [0.2, 0.25) is 0 Å². The highest BCUT2D eigenvalue weighted by molar-refractivity contribution is 7.14. The number of rotatable bonds is 0. The highest BCUT2D eigenvalue weighted by atomic mass is 35.5. The van der Waals surface area contributed by atoms with E-state index >= 15 is 0 Å². The van der Waals surface area contributed by atoms with Crippen molar-refractivity contribution in [2.24, 2.45) is 0 Å². The summed E-state index contributed by atoms with van der Waals surface area (Å²) < 4.78 is 5.55. The molecule has 0 spiro atoms. The average Bonchev–Trinajstić information content (AvgIpc) is 2.35. The molecule has 2 heterocycles. The van der Waals surface area contributed by atoms with Gasteiger partial charge in [0.05, 0.1) is 16.5 Å². The zero-order valence-corrected chi connectivity index (χ0v) is 7.17. The zero-order valence-electron chi connectivity index (χ0n) is 5.59. The highest BCUT2D eigenvalue weighted by Crippen LogP contribution is 2.30. The minimum Gasteiger partial charge on any atom is -0.462 e. The largest absolute Gasteiger partial charge is 0.462 e. The van der Waals surface area contributed by atoms with Crippen LogP contribution in [-0.2, 0) is 11.2 Å². The SMILES string of the molecule is O=C1OCCc2c1csc2Cl. The van der Waals surface area contributed by atoms with Crippen molar-refractivity contribution in [3.05, 3.63) is 20.8 Å². The predicted octanol–water partition coefficient (Wildman–Crippen LogP) is 2.11. The molecule has 0 saturated heterocycles. The first-order chi connectivity index (χ1) is 5.29. The summed E-state index contributed by atoms with van der Waals surface area (Å²) >= 11 is 7.22. The van der Waals surface area contributed by atoms with E-state index in [1.165, 1.54) is 11.3 Å². The van der Waals surface area contributed by atoms with E-state index in [1.807, 2.05) is 0 Å². The molecule has 0 atom stereocenters. The number of fused-ring (bicyclic) bond motifs is 1. The van der Waals surface area contributed by atoms with Crippen LogP contribution in [0.3, 0.4) is 0 Å². The maximum atomic E-state index is 11.0. The lowest BCUT2D eigenvalue weighted by atomic mass is 10.1. The maximum Gasteiger partial charge on any atom is 0.339 e. The van der Waals surface area contributed by atoms with Gasteiger partial charge in [-0.15, -0.1) is 11.3 Å². The zero-order chi connectivity index (χ0) is 7.84. The van der Waals surface area contributed by atoms with E-state index in [0.717, 1.165) is 16.3 Å². The third-order valence-electron chi connectivity index (χ3n) is 1.65. The molecular weight excluding hydrogens is 184 g/mol. The molecule has 0 saturated carbocycles. The van der Waals surface area contributed by atoms with E-state index in [0.29, 0.717) is 12.2 Å². The minimum atomic E-state index is -0.241. The van der Waals surface area contributed by atoms with Crippen LogP contribution in [0.15, 0.2) is 5.38 Å². The van der Waals surface area contributed by atoms with E-state index in [-0.39, 0.29) is 5.97 Å². The van der Waals surface area contributed by atoms with Crippen LogP contribution < -0.4 is 0 Å². The minimum absolute atomic E-state index is 0.241. The second kappa shape index (κ2) is 2.50. The standard InChI is InChI=1S/C7H5ClO2S/c8-6-4-1-2-10-7(9)5(4)3-11-6/h3H,1-2H2. The molecule has 2 rings (SSSR count). The smallest absolute Gasteiger partial charge is 0.339 e. The lowest BCUT2D eigenvalue weighted by Crippen LogP contribution is -2.15. The molecule has 0 bridgehead atoms. The maximum absolute atomic E-state index is 11.0. The number of hydrogen-bond acceptors (Lipinski definition) is 3. The summed E-state index contributed by atoms with van der Waals surface area (Å²) in [4.78, 5) is 11.0. The molecule has 1 aromatic heterocycles. The van der Waals surface area contributed by atoms with Crippen LogP contribution in [-0.4, -0.2) is 12.6 Å². The van der Waals surface area contributed by atoms with Crippen molar-refractivity contribution in [1.29, 1.82) is 0 Å². The highest BCUT2D eigenvalue weighted by Gasteiger charge is 2.21.